The van der Waals surface area contributed by atoms with E-state index >= 15 is 0 Å². The van der Waals surface area contributed by atoms with Crippen molar-refractivity contribution in [2.75, 3.05) is 0 Å². The molecule has 7 nitrogen and oxygen atoms in total. The van der Waals surface area contributed by atoms with Crippen LogP contribution in [0.5, 0.6) is 0 Å². The van der Waals surface area contributed by atoms with E-state index < -0.39 is 11.8 Å². The molecule has 0 atom stereocenters. The standard InChI is InChI=1S/C11H7N3O4/c15-10-7-3-1-2-4-8(7)11(16)14(10)18-5-9-12-6-17-13-9/h1-4,6H,5H2. The lowest BCUT2D eigenvalue weighted by atomic mass is 10.1. The van der Waals surface area contributed by atoms with E-state index in [1.807, 2.05) is 0 Å². The van der Waals surface area contributed by atoms with Crippen molar-refractivity contribution < 1.29 is 18.9 Å². The minimum Gasteiger partial charge on any atom is -0.343 e. The van der Waals surface area contributed by atoms with E-state index in [0.29, 0.717) is 16.2 Å². The molecule has 0 unspecified atom stereocenters. The summed E-state index contributed by atoms with van der Waals surface area (Å²) in [5, 5.41) is 4.23. The van der Waals surface area contributed by atoms with E-state index in [1.54, 1.807) is 24.3 Å². The third-order valence-corrected chi connectivity index (χ3v) is 2.49. The van der Waals surface area contributed by atoms with Crippen molar-refractivity contribution in [2.24, 2.45) is 0 Å². The van der Waals surface area contributed by atoms with Crippen LogP contribution < -0.4 is 0 Å². The first kappa shape index (κ1) is 10.6. The van der Waals surface area contributed by atoms with Crippen LogP contribution in [0.1, 0.15) is 26.5 Å². The van der Waals surface area contributed by atoms with Gasteiger partial charge < -0.3 is 4.52 Å². The van der Waals surface area contributed by atoms with Gasteiger partial charge in [0.2, 0.25) is 6.39 Å². The average molecular weight is 245 g/mol. The van der Waals surface area contributed by atoms with Gasteiger partial charge in [-0.05, 0) is 12.1 Å². The summed E-state index contributed by atoms with van der Waals surface area (Å²) in [6.07, 6.45) is 1.14. The van der Waals surface area contributed by atoms with Crippen LogP contribution in [-0.2, 0) is 11.4 Å². The molecule has 0 aliphatic carbocycles. The second kappa shape index (κ2) is 4.04. The zero-order valence-electron chi connectivity index (χ0n) is 9.07. The molecule has 3 rings (SSSR count). The Morgan fingerprint density at radius 3 is 2.39 bits per heavy atom. The Morgan fingerprint density at radius 2 is 1.83 bits per heavy atom. The Kier molecular flexibility index (Phi) is 2.38. The molecule has 1 aromatic carbocycles. The minimum absolute atomic E-state index is 0.109. The van der Waals surface area contributed by atoms with Crippen LogP contribution in [0, 0.1) is 0 Å². The Morgan fingerprint density at radius 1 is 1.17 bits per heavy atom. The third kappa shape index (κ3) is 1.57. The van der Waals surface area contributed by atoms with Gasteiger partial charge in [0.1, 0.15) is 6.61 Å². The normalized spacial score (nSPS) is 14.1. The maximum absolute atomic E-state index is 11.9. The number of aromatic nitrogens is 2. The van der Waals surface area contributed by atoms with Crippen molar-refractivity contribution in [1.82, 2.24) is 15.2 Å². The van der Waals surface area contributed by atoms with Crippen molar-refractivity contribution >= 4 is 11.8 Å². The maximum Gasteiger partial charge on any atom is 0.285 e. The van der Waals surface area contributed by atoms with Crippen LogP contribution >= 0.6 is 0 Å². The third-order valence-electron chi connectivity index (χ3n) is 2.49. The Labute approximate surface area is 101 Å². The molecule has 2 aromatic rings. The maximum atomic E-state index is 11.9. The van der Waals surface area contributed by atoms with Crippen molar-refractivity contribution in [3.8, 4) is 0 Å². The van der Waals surface area contributed by atoms with Crippen LogP contribution in [0.2, 0.25) is 0 Å². The lowest BCUT2D eigenvalue weighted by Crippen LogP contribution is -2.29. The number of fused-ring (bicyclic) bond motifs is 1. The van der Waals surface area contributed by atoms with E-state index in [9.17, 15) is 9.59 Å². The second-order valence-electron chi connectivity index (χ2n) is 3.57. The van der Waals surface area contributed by atoms with Gasteiger partial charge in [0.15, 0.2) is 5.82 Å². The predicted octanol–water partition coefficient (Wildman–Crippen LogP) is 0.797. The number of nitrogens with zero attached hydrogens (tertiary/aromatic N) is 3. The smallest absolute Gasteiger partial charge is 0.285 e. The van der Waals surface area contributed by atoms with Crippen molar-refractivity contribution in [3.05, 3.63) is 47.6 Å². The van der Waals surface area contributed by atoms with Gasteiger partial charge in [-0.25, -0.2) is 0 Å². The Hall–Kier alpha value is -2.54. The Balaban J connectivity index is 1.80. The van der Waals surface area contributed by atoms with Gasteiger partial charge >= 0.3 is 0 Å². The number of carbonyl (C=O) groups is 2. The van der Waals surface area contributed by atoms with E-state index in [2.05, 4.69) is 14.7 Å². The molecule has 1 aliphatic heterocycles. The second-order valence-corrected chi connectivity index (χ2v) is 3.57. The molecule has 90 valence electrons. The quantitative estimate of drug-likeness (QED) is 0.743. The Bertz CT molecular complexity index is 574. The van der Waals surface area contributed by atoms with Crippen LogP contribution in [0.4, 0.5) is 0 Å². The van der Waals surface area contributed by atoms with Crippen LogP contribution in [0.3, 0.4) is 0 Å². The number of carbonyl (C=O) groups excluding carboxylic acids is 2. The zero-order chi connectivity index (χ0) is 12.5. The summed E-state index contributed by atoms with van der Waals surface area (Å²) in [6.45, 7) is -0.109. The molecule has 18 heavy (non-hydrogen) atoms. The number of imide groups is 1. The summed E-state index contributed by atoms with van der Waals surface area (Å²) in [5.41, 5.74) is 0.659. The van der Waals surface area contributed by atoms with Crippen LogP contribution in [-0.4, -0.2) is 27.0 Å². The summed E-state index contributed by atoms with van der Waals surface area (Å²) in [7, 11) is 0. The van der Waals surface area contributed by atoms with Crippen molar-refractivity contribution in [2.45, 2.75) is 6.61 Å². The van der Waals surface area contributed by atoms with Crippen LogP contribution in [0.25, 0.3) is 0 Å². The largest absolute Gasteiger partial charge is 0.343 e. The van der Waals surface area contributed by atoms with E-state index in [1.165, 1.54) is 0 Å². The molecule has 0 spiro atoms. The first-order valence-corrected chi connectivity index (χ1v) is 5.13. The molecule has 0 N–H and O–H groups in total. The molecule has 0 saturated carbocycles. The van der Waals surface area contributed by atoms with Crippen LogP contribution in [0.15, 0.2) is 35.2 Å². The number of hydroxylamine groups is 2. The summed E-state index contributed by atoms with van der Waals surface area (Å²) in [6, 6.07) is 6.53. The molecule has 2 heterocycles. The number of amides is 2. The molecule has 1 aliphatic rings. The highest BCUT2D eigenvalue weighted by molar-refractivity contribution is 6.20. The van der Waals surface area contributed by atoms with Crippen molar-refractivity contribution in [1.29, 1.82) is 0 Å². The van der Waals surface area contributed by atoms with Gasteiger partial charge in [0, 0.05) is 0 Å². The fourth-order valence-electron chi connectivity index (χ4n) is 1.66. The van der Waals surface area contributed by atoms with Gasteiger partial charge in [0.05, 0.1) is 11.1 Å². The molecule has 0 radical (unpaired) electrons. The van der Waals surface area contributed by atoms with Gasteiger partial charge in [-0.2, -0.15) is 4.98 Å². The topological polar surface area (TPSA) is 85.5 Å². The van der Waals surface area contributed by atoms with Gasteiger partial charge in [-0.3, -0.25) is 14.4 Å². The lowest BCUT2D eigenvalue weighted by molar-refractivity contribution is -0.103. The molecular weight excluding hydrogens is 238 g/mol. The number of benzene rings is 1. The summed E-state index contributed by atoms with van der Waals surface area (Å²) in [5.74, 6) is -0.718. The zero-order valence-corrected chi connectivity index (χ0v) is 9.07. The number of rotatable bonds is 3. The first-order chi connectivity index (χ1) is 8.77. The van der Waals surface area contributed by atoms with E-state index in [-0.39, 0.29) is 12.4 Å². The van der Waals surface area contributed by atoms with Crippen molar-refractivity contribution in [3.63, 3.8) is 0 Å². The first-order valence-electron chi connectivity index (χ1n) is 5.13. The fraction of sp³-hybridized carbons (Fsp3) is 0.0909. The highest BCUT2D eigenvalue weighted by Crippen LogP contribution is 2.22. The highest BCUT2D eigenvalue weighted by Gasteiger charge is 2.36. The van der Waals surface area contributed by atoms with E-state index in [0.717, 1.165) is 6.39 Å². The summed E-state index contributed by atoms with van der Waals surface area (Å²) in [4.78, 5) is 32.6. The van der Waals surface area contributed by atoms with Gasteiger partial charge in [-0.15, -0.1) is 5.06 Å². The molecular formula is C11H7N3O4. The van der Waals surface area contributed by atoms with Gasteiger partial charge in [-0.1, -0.05) is 17.3 Å². The number of hydrogen-bond donors (Lipinski definition) is 0. The SMILES string of the molecule is O=C1c2ccccc2C(=O)N1OCc1ncon1. The minimum atomic E-state index is -0.487. The molecule has 7 heteroatoms. The molecule has 2 amide bonds. The summed E-state index contributed by atoms with van der Waals surface area (Å²) < 4.78 is 4.52. The molecule has 0 fully saturated rings. The molecule has 0 bridgehead atoms. The lowest BCUT2D eigenvalue weighted by Gasteiger charge is -2.11. The average Bonchev–Trinajstić information content (AvgIpc) is 2.98. The molecule has 0 saturated heterocycles. The fourth-order valence-corrected chi connectivity index (χ4v) is 1.66. The van der Waals surface area contributed by atoms with Gasteiger partial charge in [0.25, 0.3) is 11.8 Å². The monoisotopic (exact) mass is 245 g/mol. The summed E-state index contributed by atoms with van der Waals surface area (Å²) >= 11 is 0. The molecule has 1 aromatic heterocycles. The highest BCUT2D eigenvalue weighted by atomic mass is 16.7. The van der Waals surface area contributed by atoms with E-state index in [4.69, 9.17) is 4.84 Å². The number of hydrogen-bond acceptors (Lipinski definition) is 6. The predicted molar refractivity (Wildman–Crippen MR) is 56.0 cm³/mol.